The molecular formula is C3H19GaN2. The van der Waals surface area contributed by atoms with Gasteiger partial charge in [0.05, 0.1) is 0 Å². The van der Waals surface area contributed by atoms with Gasteiger partial charge < -0.3 is 0 Å². The van der Waals surface area contributed by atoms with Crippen molar-refractivity contribution < 1.29 is 1.43 Å². The summed E-state index contributed by atoms with van der Waals surface area (Å²) in [4.78, 5) is 0. The molecule has 2 nitrogen and oxygen atoms in total. The summed E-state index contributed by atoms with van der Waals surface area (Å²) in [6.07, 6.45) is 0. The topological polar surface area (TPSA) is 47.7 Å². The molecule has 44 valence electrons. The summed E-state index contributed by atoms with van der Waals surface area (Å²) in [6.45, 7) is 0. The van der Waals surface area contributed by atoms with Crippen LogP contribution in [-0.4, -0.2) is 19.8 Å². The number of rotatable bonds is 0. The Kier molecular flexibility index (Phi) is 31400. The first-order valence-electron chi connectivity index (χ1n) is 0.250. The van der Waals surface area contributed by atoms with Crippen LogP contribution in [0.1, 0.15) is 23.7 Å². The van der Waals surface area contributed by atoms with Crippen LogP contribution in [0, 0.1) is 11.1 Å². The molecule has 0 unspecified atom stereocenters. The second kappa shape index (κ2) is 1680. The number of hydrogen-bond acceptors (Lipinski definition) is 2. The maximum absolute atomic E-state index is 5.00. The van der Waals surface area contributed by atoms with Crippen LogP contribution in [0.15, 0.2) is 0 Å². The summed E-state index contributed by atoms with van der Waals surface area (Å²) in [5.41, 5.74) is 10.0. The van der Waals surface area contributed by atoms with Gasteiger partial charge in [-0.15, -0.1) is 0 Å². The predicted molar refractivity (Wildman–Crippen MR) is 37.7 cm³/mol. The Morgan fingerprint density at radius 1 is 0.833 bits per heavy atom. The average Bonchev–Trinajstić information content (AvgIpc) is 1.00. The monoisotopic (exact) mass is 152 g/mol. The largest absolute Gasteiger partial charge is 0 e. The molecule has 0 radical (unpaired) electrons. The van der Waals surface area contributed by atoms with Gasteiger partial charge in [0.2, 0.25) is 0 Å². The van der Waals surface area contributed by atoms with Gasteiger partial charge in [-0.2, -0.15) is 0 Å². The third-order valence-corrected chi connectivity index (χ3v) is 0. The van der Waals surface area contributed by atoms with Crippen LogP contribution in [0.5, 0.6) is 0 Å². The Labute approximate surface area is 55.2 Å². The van der Waals surface area contributed by atoms with Crippen molar-refractivity contribution >= 4 is 19.8 Å². The van der Waals surface area contributed by atoms with Crippen molar-refractivity contribution in [1.82, 2.24) is 0 Å². The van der Waals surface area contributed by atoms with E-state index in [2.05, 4.69) is 0 Å². The molecular weight excluding hydrogens is 134 g/mol. The summed E-state index contributed by atoms with van der Waals surface area (Å²) in [7, 11) is 0. The standard InChI is InChI=1S/3CH4.Ga.H2N2.H2.3H/c;;;;1-2;;;;/h3*1H4;;1-2H;1H;;;. The van der Waals surface area contributed by atoms with Gasteiger partial charge in [0.25, 0.3) is 0 Å². The summed E-state index contributed by atoms with van der Waals surface area (Å²) in [6, 6.07) is 0. The molecule has 0 bridgehead atoms. The zero-order chi connectivity index (χ0) is 2.00. The van der Waals surface area contributed by atoms with Gasteiger partial charge in [-0.05, 0) is 0 Å². The van der Waals surface area contributed by atoms with Crippen molar-refractivity contribution in [3.8, 4) is 0 Å². The van der Waals surface area contributed by atoms with E-state index < -0.39 is 0 Å². The van der Waals surface area contributed by atoms with Gasteiger partial charge in [0.1, 0.15) is 0 Å². The van der Waals surface area contributed by atoms with E-state index in [1.807, 2.05) is 0 Å². The Morgan fingerprint density at radius 2 is 0.833 bits per heavy atom. The van der Waals surface area contributed by atoms with Gasteiger partial charge >= 0.3 is 19.8 Å². The third-order valence-electron chi connectivity index (χ3n) is 0. The minimum absolute atomic E-state index is 0. The molecule has 3 heteroatoms. The SMILES string of the molecule is C.C.C.N=N.[GaH3].[HH]. The molecule has 0 amide bonds. The van der Waals surface area contributed by atoms with Crippen molar-refractivity contribution in [2.24, 2.45) is 0 Å². The zero-order valence-corrected chi connectivity index (χ0v) is 1.00. The van der Waals surface area contributed by atoms with Gasteiger partial charge in [0.15, 0.2) is 0 Å². The van der Waals surface area contributed by atoms with E-state index in [1.165, 1.54) is 0 Å². The predicted octanol–water partition coefficient (Wildman–Crippen LogP) is 1.57. The Balaban J connectivity index is -0.000000000500. The van der Waals surface area contributed by atoms with Crippen molar-refractivity contribution in [2.75, 3.05) is 0 Å². The Hall–Kier alpha value is 0.236. The minimum atomic E-state index is 0. The summed E-state index contributed by atoms with van der Waals surface area (Å²) in [5.74, 6) is 0. The molecule has 6 heavy (non-hydrogen) atoms. The van der Waals surface area contributed by atoms with Crippen LogP contribution in [0.2, 0.25) is 0 Å². The molecule has 0 aromatic heterocycles. The first-order valence-corrected chi connectivity index (χ1v) is 0.250. The summed E-state index contributed by atoms with van der Waals surface area (Å²) in [5, 5.41) is 0. The van der Waals surface area contributed by atoms with E-state index in [9.17, 15) is 0 Å². The number of nitrogens with one attached hydrogen (secondary N) is 2. The fraction of sp³-hybridized carbons (Fsp3) is 1.00. The molecule has 0 spiro atoms. The fourth-order valence-corrected chi connectivity index (χ4v) is 0. The molecule has 0 heterocycles. The van der Waals surface area contributed by atoms with Gasteiger partial charge in [-0.3, -0.25) is 0 Å². The fourth-order valence-electron chi connectivity index (χ4n) is 0. The van der Waals surface area contributed by atoms with Crippen molar-refractivity contribution in [3.05, 3.63) is 0 Å². The van der Waals surface area contributed by atoms with Crippen LogP contribution in [0.25, 0.3) is 0 Å². The maximum Gasteiger partial charge on any atom is 0 e. The maximum atomic E-state index is 5.00. The molecule has 0 aliphatic heterocycles. The Morgan fingerprint density at radius 3 is 0.833 bits per heavy atom. The second-order valence-electron chi connectivity index (χ2n) is 0. The van der Waals surface area contributed by atoms with E-state index >= 15 is 0 Å². The van der Waals surface area contributed by atoms with E-state index in [0.29, 0.717) is 0 Å². The molecule has 0 aliphatic rings. The molecule has 0 atom stereocenters. The number of hydrogen-bond donors (Lipinski definition) is 2. The van der Waals surface area contributed by atoms with Crippen LogP contribution in [0.4, 0.5) is 0 Å². The molecule has 0 aliphatic carbocycles. The van der Waals surface area contributed by atoms with Crippen LogP contribution < -0.4 is 0 Å². The average molecular weight is 153 g/mol. The molecule has 0 rings (SSSR count). The van der Waals surface area contributed by atoms with Crippen LogP contribution in [-0.2, 0) is 0 Å². The second-order valence-corrected chi connectivity index (χ2v) is 0. The van der Waals surface area contributed by atoms with E-state index in [0.717, 1.165) is 0 Å². The zero-order valence-electron chi connectivity index (χ0n) is 1.00. The molecule has 0 saturated carbocycles. The van der Waals surface area contributed by atoms with E-state index in [1.54, 1.807) is 0 Å². The first kappa shape index (κ1) is 112. The van der Waals surface area contributed by atoms with Crippen LogP contribution in [0.3, 0.4) is 0 Å². The third kappa shape index (κ3) is 794. The van der Waals surface area contributed by atoms with Gasteiger partial charge in [-0.1, -0.05) is 22.3 Å². The quantitative estimate of drug-likeness (QED) is 0.392. The molecule has 0 aromatic rings. The first-order chi connectivity index (χ1) is 1.00. The normalized spacial score (nSPS) is 0.667. The van der Waals surface area contributed by atoms with Gasteiger partial charge in [0, 0.05) is 1.43 Å². The van der Waals surface area contributed by atoms with E-state index in [-0.39, 0.29) is 43.5 Å². The van der Waals surface area contributed by atoms with Crippen molar-refractivity contribution in [3.63, 3.8) is 0 Å². The summed E-state index contributed by atoms with van der Waals surface area (Å²) >= 11 is 0. The van der Waals surface area contributed by atoms with E-state index in [4.69, 9.17) is 11.1 Å². The minimum Gasteiger partial charge on any atom is 0 e. The molecule has 0 saturated heterocycles. The van der Waals surface area contributed by atoms with Gasteiger partial charge in [-0.25, -0.2) is 11.1 Å². The summed E-state index contributed by atoms with van der Waals surface area (Å²) < 4.78 is 0. The van der Waals surface area contributed by atoms with Crippen molar-refractivity contribution in [1.29, 1.82) is 11.1 Å². The smallest absolute Gasteiger partial charge is 0 e. The van der Waals surface area contributed by atoms with Crippen LogP contribution >= 0.6 is 0 Å². The molecule has 0 aromatic carbocycles. The Bertz CT molecular complexity index is 12.9. The van der Waals surface area contributed by atoms with Crippen molar-refractivity contribution in [2.45, 2.75) is 22.3 Å². The molecule has 0 fully saturated rings. The molecule has 2 N–H and O–H groups in total.